The number of aryl methyl sites for hydroxylation is 1. The van der Waals surface area contributed by atoms with Crippen molar-refractivity contribution in [1.82, 2.24) is 9.88 Å². The first kappa shape index (κ1) is 15.8. The van der Waals surface area contributed by atoms with E-state index in [1.54, 1.807) is 19.7 Å². The molecule has 1 atom stereocenters. The van der Waals surface area contributed by atoms with E-state index in [1.807, 2.05) is 30.0 Å². The van der Waals surface area contributed by atoms with Crippen LogP contribution in [-0.4, -0.2) is 36.6 Å². The van der Waals surface area contributed by atoms with E-state index in [-0.39, 0.29) is 11.9 Å². The Balaban J connectivity index is 1.93. The highest BCUT2D eigenvalue weighted by molar-refractivity contribution is 7.11. The zero-order valence-corrected chi connectivity index (χ0v) is 14.4. The normalized spacial score (nSPS) is 17.3. The van der Waals surface area contributed by atoms with Crippen molar-refractivity contribution in [1.29, 1.82) is 0 Å². The molecule has 2 aromatic rings. The maximum Gasteiger partial charge on any atom is 0.266 e. The van der Waals surface area contributed by atoms with Gasteiger partial charge in [-0.1, -0.05) is 0 Å². The predicted molar refractivity (Wildman–Crippen MR) is 89.4 cm³/mol. The number of carbonyl (C=O) groups is 1. The van der Waals surface area contributed by atoms with Gasteiger partial charge in [-0.25, -0.2) is 4.98 Å². The lowest BCUT2D eigenvalue weighted by Crippen LogP contribution is -2.30. The first-order valence-corrected chi connectivity index (χ1v) is 8.46. The molecule has 1 amide bonds. The lowest BCUT2D eigenvalue weighted by atomic mass is 10.0. The third-order valence-corrected chi connectivity index (χ3v) is 5.17. The lowest BCUT2D eigenvalue weighted by molar-refractivity contribution is 0.0738. The number of benzene rings is 1. The van der Waals surface area contributed by atoms with E-state index in [2.05, 4.69) is 4.98 Å². The van der Waals surface area contributed by atoms with Crippen LogP contribution in [-0.2, 0) is 0 Å². The van der Waals surface area contributed by atoms with E-state index in [0.29, 0.717) is 0 Å². The van der Waals surface area contributed by atoms with Crippen molar-refractivity contribution in [3.05, 3.63) is 39.8 Å². The van der Waals surface area contributed by atoms with Crippen molar-refractivity contribution in [3.63, 3.8) is 0 Å². The Hall–Kier alpha value is -2.08. The number of likely N-dealkylation sites (tertiary alicyclic amines) is 1. The first-order chi connectivity index (χ1) is 11.2. The summed E-state index contributed by atoms with van der Waals surface area (Å²) >= 11 is 1.40. The molecule has 0 aliphatic carbocycles. The molecule has 1 saturated heterocycles. The molecule has 2 heterocycles. The van der Waals surface area contributed by atoms with E-state index < -0.39 is 0 Å². The van der Waals surface area contributed by atoms with Gasteiger partial charge in [-0.05, 0) is 31.9 Å². The van der Waals surface area contributed by atoms with Gasteiger partial charge in [0.25, 0.3) is 5.91 Å². The standard InChI is InChI=1S/C17H20N2O3S/c1-11-16(23-10-18-11)17(20)19-8-4-5-14(19)13-7-6-12(21-2)9-15(13)22-3/h6-7,9-10,14H,4-5,8H2,1-3H3/t14-/m0/s1. The number of hydrogen-bond acceptors (Lipinski definition) is 5. The molecule has 0 bridgehead atoms. The van der Waals surface area contributed by atoms with Gasteiger partial charge in [-0.2, -0.15) is 0 Å². The highest BCUT2D eigenvalue weighted by Gasteiger charge is 2.33. The van der Waals surface area contributed by atoms with Crippen LogP contribution >= 0.6 is 11.3 Å². The van der Waals surface area contributed by atoms with Crippen molar-refractivity contribution in [2.24, 2.45) is 0 Å². The smallest absolute Gasteiger partial charge is 0.266 e. The SMILES string of the molecule is COc1ccc([C@@H]2CCCN2C(=O)c2scnc2C)c(OC)c1. The fourth-order valence-corrected chi connectivity index (χ4v) is 3.82. The van der Waals surface area contributed by atoms with Crippen LogP contribution in [0.2, 0.25) is 0 Å². The van der Waals surface area contributed by atoms with Crippen LogP contribution in [0.15, 0.2) is 23.7 Å². The summed E-state index contributed by atoms with van der Waals surface area (Å²) < 4.78 is 10.8. The number of thiazole rings is 1. The molecule has 0 unspecified atom stereocenters. The molecular weight excluding hydrogens is 312 g/mol. The minimum Gasteiger partial charge on any atom is -0.497 e. The zero-order valence-electron chi connectivity index (χ0n) is 13.5. The van der Waals surface area contributed by atoms with E-state index in [0.717, 1.165) is 47.0 Å². The lowest BCUT2D eigenvalue weighted by Gasteiger charge is -2.26. The summed E-state index contributed by atoms with van der Waals surface area (Å²) in [5, 5.41) is 0. The third-order valence-electron chi connectivity index (χ3n) is 4.25. The van der Waals surface area contributed by atoms with Crippen molar-refractivity contribution < 1.29 is 14.3 Å². The largest absolute Gasteiger partial charge is 0.497 e. The van der Waals surface area contributed by atoms with Gasteiger partial charge < -0.3 is 14.4 Å². The van der Waals surface area contributed by atoms with Crippen molar-refractivity contribution in [3.8, 4) is 11.5 Å². The fraction of sp³-hybridized carbons (Fsp3) is 0.412. The van der Waals surface area contributed by atoms with Gasteiger partial charge in [0.05, 0.1) is 31.5 Å². The highest BCUT2D eigenvalue weighted by Crippen LogP contribution is 2.39. The van der Waals surface area contributed by atoms with Crippen LogP contribution in [0, 0.1) is 6.92 Å². The number of ether oxygens (including phenoxy) is 2. The van der Waals surface area contributed by atoms with Crippen LogP contribution in [0.3, 0.4) is 0 Å². The fourth-order valence-electron chi connectivity index (χ4n) is 3.06. The summed E-state index contributed by atoms with van der Waals surface area (Å²) in [6, 6.07) is 5.81. The zero-order chi connectivity index (χ0) is 16.4. The van der Waals surface area contributed by atoms with Crippen LogP contribution in [0.1, 0.15) is 39.8 Å². The quantitative estimate of drug-likeness (QED) is 0.860. The summed E-state index contributed by atoms with van der Waals surface area (Å²) in [6.07, 6.45) is 1.93. The number of methoxy groups -OCH3 is 2. The number of hydrogen-bond donors (Lipinski definition) is 0. The average Bonchev–Trinajstić information content (AvgIpc) is 3.22. The Labute approximate surface area is 139 Å². The van der Waals surface area contributed by atoms with Gasteiger partial charge in [0, 0.05) is 18.2 Å². The number of amides is 1. The molecule has 1 aliphatic heterocycles. The van der Waals surface area contributed by atoms with Crippen LogP contribution in [0.5, 0.6) is 11.5 Å². The van der Waals surface area contributed by atoms with Gasteiger partial charge in [0.2, 0.25) is 0 Å². The molecule has 1 aromatic heterocycles. The Morgan fingerprint density at radius 1 is 1.35 bits per heavy atom. The van der Waals surface area contributed by atoms with E-state index in [9.17, 15) is 4.79 Å². The van der Waals surface area contributed by atoms with Crippen molar-refractivity contribution in [2.45, 2.75) is 25.8 Å². The molecule has 3 rings (SSSR count). The first-order valence-electron chi connectivity index (χ1n) is 7.58. The predicted octanol–water partition coefficient (Wildman–Crippen LogP) is 3.45. The van der Waals surface area contributed by atoms with Crippen LogP contribution in [0.4, 0.5) is 0 Å². The van der Waals surface area contributed by atoms with Crippen molar-refractivity contribution >= 4 is 17.2 Å². The Kier molecular flexibility index (Phi) is 4.52. The minimum atomic E-state index is 0.0323. The molecule has 0 N–H and O–H groups in total. The molecule has 0 saturated carbocycles. The monoisotopic (exact) mass is 332 g/mol. The molecule has 0 spiro atoms. The third kappa shape index (κ3) is 2.91. The second-order valence-electron chi connectivity index (χ2n) is 5.53. The van der Waals surface area contributed by atoms with Gasteiger partial charge in [-0.3, -0.25) is 4.79 Å². The molecule has 1 aliphatic rings. The van der Waals surface area contributed by atoms with Gasteiger partial charge in [0.1, 0.15) is 16.4 Å². The summed E-state index contributed by atoms with van der Waals surface area (Å²) in [6.45, 7) is 2.64. The topological polar surface area (TPSA) is 51.7 Å². The molecule has 23 heavy (non-hydrogen) atoms. The summed E-state index contributed by atoms with van der Waals surface area (Å²) in [4.78, 5) is 19.7. The summed E-state index contributed by atoms with van der Waals surface area (Å²) in [5.74, 6) is 1.57. The molecule has 6 heteroatoms. The molecule has 122 valence electrons. The second-order valence-corrected chi connectivity index (χ2v) is 6.39. The van der Waals surface area contributed by atoms with E-state index in [1.165, 1.54) is 11.3 Å². The average molecular weight is 332 g/mol. The number of nitrogens with zero attached hydrogens (tertiary/aromatic N) is 2. The number of carbonyl (C=O) groups excluding carboxylic acids is 1. The number of aromatic nitrogens is 1. The van der Waals surface area contributed by atoms with Gasteiger partial charge in [-0.15, -0.1) is 11.3 Å². The minimum absolute atomic E-state index is 0.0323. The summed E-state index contributed by atoms with van der Waals surface area (Å²) in [5.41, 5.74) is 3.55. The van der Waals surface area contributed by atoms with Crippen molar-refractivity contribution in [2.75, 3.05) is 20.8 Å². The Morgan fingerprint density at radius 2 is 2.17 bits per heavy atom. The number of rotatable bonds is 4. The van der Waals surface area contributed by atoms with Crippen LogP contribution in [0.25, 0.3) is 0 Å². The van der Waals surface area contributed by atoms with E-state index >= 15 is 0 Å². The summed E-state index contributed by atoms with van der Waals surface area (Å²) in [7, 11) is 3.28. The van der Waals surface area contributed by atoms with Gasteiger partial charge in [0.15, 0.2) is 0 Å². The second kappa shape index (κ2) is 6.58. The molecule has 0 radical (unpaired) electrons. The maximum atomic E-state index is 12.9. The Bertz CT molecular complexity index is 714. The van der Waals surface area contributed by atoms with E-state index in [4.69, 9.17) is 9.47 Å². The molecule has 5 nitrogen and oxygen atoms in total. The molecule has 1 aromatic carbocycles. The Morgan fingerprint density at radius 3 is 2.83 bits per heavy atom. The molecular formula is C17H20N2O3S. The molecule has 1 fully saturated rings. The van der Waals surface area contributed by atoms with Crippen LogP contribution < -0.4 is 9.47 Å². The highest BCUT2D eigenvalue weighted by atomic mass is 32.1. The van der Waals surface area contributed by atoms with Gasteiger partial charge >= 0.3 is 0 Å². The maximum absolute atomic E-state index is 12.9.